The summed E-state index contributed by atoms with van der Waals surface area (Å²) in [6, 6.07) is 1.53. The first-order valence-electron chi connectivity index (χ1n) is 4.75. The Labute approximate surface area is 97.5 Å². The first-order valence-corrected chi connectivity index (χ1v) is 5.27. The number of pyridine rings is 1. The van der Waals surface area contributed by atoms with Gasteiger partial charge in [-0.1, -0.05) is 0 Å². The number of hydrogen-bond donors (Lipinski definition) is 2. The lowest BCUT2D eigenvalue weighted by Gasteiger charge is -2.17. The molecule has 1 aliphatic rings. The molecule has 16 heavy (non-hydrogen) atoms. The fourth-order valence-corrected chi connectivity index (χ4v) is 2.03. The van der Waals surface area contributed by atoms with Crippen LogP contribution in [0.4, 0.5) is 5.69 Å². The van der Waals surface area contributed by atoms with Crippen LogP contribution in [0, 0.1) is 0 Å². The average Bonchev–Trinajstić information content (AvgIpc) is 2.57. The van der Waals surface area contributed by atoms with Crippen molar-refractivity contribution >= 4 is 30.2 Å². The number of hydrogen-bond acceptors (Lipinski definition) is 4. The molecule has 1 aliphatic heterocycles. The van der Waals surface area contributed by atoms with Crippen molar-refractivity contribution in [3.8, 4) is 0 Å². The van der Waals surface area contributed by atoms with Gasteiger partial charge in [-0.15, -0.1) is 0 Å². The van der Waals surface area contributed by atoms with Crippen LogP contribution >= 0.6 is 12.6 Å². The smallest absolute Gasteiger partial charge is 0.339 e. The molecule has 2 rings (SSSR count). The lowest BCUT2D eigenvalue weighted by atomic mass is 10.2. The number of anilines is 1. The predicted octanol–water partition coefficient (Wildman–Crippen LogP) is 0.815. The minimum absolute atomic E-state index is 0.0395. The maximum Gasteiger partial charge on any atom is 0.339 e. The van der Waals surface area contributed by atoms with E-state index in [4.69, 9.17) is 5.11 Å². The Balaban J connectivity index is 2.40. The van der Waals surface area contributed by atoms with E-state index in [1.54, 1.807) is 0 Å². The number of aromatic nitrogens is 1. The summed E-state index contributed by atoms with van der Waals surface area (Å²) in [5.41, 5.74) is 0.433. The number of carboxylic acids is 1. The Kier molecular flexibility index (Phi) is 2.82. The number of rotatable bonds is 2. The number of carbonyl (C=O) groups is 2. The molecule has 0 aliphatic carbocycles. The van der Waals surface area contributed by atoms with Gasteiger partial charge in [0.25, 0.3) is 0 Å². The van der Waals surface area contributed by atoms with Crippen LogP contribution in [0.25, 0.3) is 0 Å². The second kappa shape index (κ2) is 4.13. The SMILES string of the molecule is O=C(O)c1cnccc1N1CC(S)CC1=O. The van der Waals surface area contributed by atoms with Gasteiger partial charge < -0.3 is 10.0 Å². The summed E-state index contributed by atoms with van der Waals surface area (Å²) in [5.74, 6) is -1.19. The Hall–Kier alpha value is -1.56. The number of aromatic carboxylic acids is 1. The largest absolute Gasteiger partial charge is 0.478 e. The van der Waals surface area contributed by atoms with Gasteiger partial charge >= 0.3 is 5.97 Å². The molecule has 0 bridgehead atoms. The summed E-state index contributed by atoms with van der Waals surface area (Å²) >= 11 is 4.22. The van der Waals surface area contributed by atoms with Crippen LogP contribution in [0.5, 0.6) is 0 Å². The van der Waals surface area contributed by atoms with Crippen molar-refractivity contribution in [2.75, 3.05) is 11.4 Å². The van der Waals surface area contributed by atoms with Gasteiger partial charge in [-0.2, -0.15) is 12.6 Å². The average molecular weight is 238 g/mol. The highest BCUT2D eigenvalue weighted by atomic mass is 32.1. The van der Waals surface area contributed by atoms with Gasteiger partial charge in [0.2, 0.25) is 5.91 Å². The molecular weight excluding hydrogens is 228 g/mol. The quantitative estimate of drug-likeness (QED) is 0.748. The molecule has 0 radical (unpaired) electrons. The molecule has 0 aromatic carbocycles. The zero-order valence-corrected chi connectivity index (χ0v) is 9.22. The third-order valence-electron chi connectivity index (χ3n) is 2.42. The highest BCUT2D eigenvalue weighted by molar-refractivity contribution is 7.81. The van der Waals surface area contributed by atoms with Gasteiger partial charge in [-0.3, -0.25) is 9.78 Å². The molecule has 1 saturated heterocycles. The Morgan fingerprint density at radius 2 is 2.38 bits per heavy atom. The van der Waals surface area contributed by atoms with E-state index in [1.807, 2.05) is 0 Å². The van der Waals surface area contributed by atoms with Crippen molar-refractivity contribution in [1.29, 1.82) is 0 Å². The van der Waals surface area contributed by atoms with E-state index in [-0.39, 0.29) is 16.7 Å². The van der Waals surface area contributed by atoms with E-state index in [2.05, 4.69) is 17.6 Å². The molecule has 0 spiro atoms. The monoisotopic (exact) mass is 238 g/mol. The fraction of sp³-hybridized carbons (Fsp3) is 0.300. The standard InChI is InChI=1S/C10H10N2O3S/c13-9-3-6(16)5-12(9)8-1-2-11-4-7(8)10(14)15/h1-2,4,6,16H,3,5H2,(H,14,15). The lowest BCUT2D eigenvalue weighted by molar-refractivity contribution is -0.117. The number of carbonyl (C=O) groups excluding carboxylic acids is 1. The number of amides is 1. The molecule has 2 heterocycles. The third-order valence-corrected chi connectivity index (χ3v) is 2.77. The molecule has 5 nitrogen and oxygen atoms in total. The molecule has 1 aromatic rings. The van der Waals surface area contributed by atoms with E-state index < -0.39 is 5.97 Å². The topological polar surface area (TPSA) is 70.5 Å². The predicted molar refractivity (Wildman–Crippen MR) is 60.9 cm³/mol. The van der Waals surface area contributed by atoms with Crippen LogP contribution in [0.1, 0.15) is 16.8 Å². The van der Waals surface area contributed by atoms with Gasteiger partial charge in [0.15, 0.2) is 0 Å². The maximum absolute atomic E-state index is 11.6. The number of nitrogens with zero attached hydrogens (tertiary/aromatic N) is 2. The lowest BCUT2D eigenvalue weighted by Crippen LogP contribution is -2.26. The molecule has 1 aromatic heterocycles. The summed E-state index contributed by atoms with van der Waals surface area (Å²) in [5, 5.41) is 8.94. The van der Waals surface area contributed by atoms with Crippen LogP contribution in [-0.2, 0) is 4.79 Å². The summed E-state index contributed by atoms with van der Waals surface area (Å²) in [7, 11) is 0. The van der Waals surface area contributed by atoms with E-state index in [1.165, 1.54) is 23.4 Å². The minimum atomic E-state index is -1.08. The summed E-state index contributed by atoms with van der Waals surface area (Å²) in [4.78, 5) is 27.8. The normalized spacial score (nSPS) is 20.2. The van der Waals surface area contributed by atoms with Crippen LogP contribution in [-0.4, -0.2) is 33.8 Å². The highest BCUT2D eigenvalue weighted by Crippen LogP contribution is 2.26. The van der Waals surface area contributed by atoms with Gasteiger partial charge in [0.1, 0.15) is 5.56 Å². The first-order chi connectivity index (χ1) is 7.59. The highest BCUT2D eigenvalue weighted by Gasteiger charge is 2.30. The second-order valence-corrected chi connectivity index (χ2v) is 4.29. The molecule has 84 valence electrons. The van der Waals surface area contributed by atoms with Gasteiger partial charge in [0.05, 0.1) is 5.69 Å². The van der Waals surface area contributed by atoms with Crippen molar-refractivity contribution in [1.82, 2.24) is 4.98 Å². The Morgan fingerprint density at radius 3 is 2.94 bits per heavy atom. The van der Waals surface area contributed by atoms with Crippen LogP contribution in [0.3, 0.4) is 0 Å². The van der Waals surface area contributed by atoms with E-state index in [0.717, 1.165) is 0 Å². The second-order valence-electron chi connectivity index (χ2n) is 3.56. The van der Waals surface area contributed by atoms with Crippen LogP contribution in [0.2, 0.25) is 0 Å². The molecule has 1 unspecified atom stereocenters. The van der Waals surface area contributed by atoms with Crippen molar-refractivity contribution in [2.24, 2.45) is 0 Å². The summed E-state index contributed by atoms with van der Waals surface area (Å²) in [6.07, 6.45) is 3.06. The Bertz CT molecular complexity index is 449. The first kappa shape index (κ1) is 10.9. The summed E-state index contributed by atoms with van der Waals surface area (Å²) < 4.78 is 0. The zero-order chi connectivity index (χ0) is 11.7. The van der Waals surface area contributed by atoms with Crippen molar-refractivity contribution in [3.63, 3.8) is 0 Å². The molecule has 1 N–H and O–H groups in total. The molecule has 0 saturated carbocycles. The molecule has 1 atom stereocenters. The van der Waals surface area contributed by atoms with Gasteiger partial charge in [-0.05, 0) is 6.07 Å². The van der Waals surface area contributed by atoms with E-state index in [0.29, 0.717) is 18.7 Å². The fourth-order valence-electron chi connectivity index (χ4n) is 1.71. The summed E-state index contributed by atoms with van der Waals surface area (Å²) in [6.45, 7) is 0.437. The van der Waals surface area contributed by atoms with Crippen molar-refractivity contribution in [2.45, 2.75) is 11.7 Å². The Morgan fingerprint density at radius 1 is 1.62 bits per heavy atom. The molecule has 6 heteroatoms. The molecule has 1 amide bonds. The number of thiol groups is 1. The van der Waals surface area contributed by atoms with Crippen LogP contribution in [0.15, 0.2) is 18.5 Å². The molecule has 1 fully saturated rings. The number of carboxylic acid groups (broad SMARTS) is 1. The van der Waals surface area contributed by atoms with E-state index >= 15 is 0 Å². The van der Waals surface area contributed by atoms with Crippen LogP contribution < -0.4 is 4.90 Å². The van der Waals surface area contributed by atoms with Crippen molar-refractivity contribution < 1.29 is 14.7 Å². The van der Waals surface area contributed by atoms with E-state index in [9.17, 15) is 9.59 Å². The third kappa shape index (κ3) is 1.88. The zero-order valence-electron chi connectivity index (χ0n) is 8.33. The minimum Gasteiger partial charge on any atom is -0.478 e. The van der Waals surface area contributed by atoms with Gasteiger partial charge in [-0.25, -0.2) is 4.79 Å². The van der Waals surface area contributed by atoms with Gasteiger partial charge in [0, 0.05) is 30.6 Å². The van der Waals surface area contributed by atoms with Crippen molar-refractivity contribution in [3.05, 3.63) is 24.0 Å². The maximum atomic E-state index is 11.6. The molecular formula is C10H10N2O3S.